The molecule has 0 unspecified atom stereocenters. The third kappa shape index (κ3) is 2.47. The smallest absolute Gasteiger partial charge is 0.184 e. The molecule has 0 amide bonds. The zero-order chi connectivity index (χ0) is 15.8. The molecule has 1 aromatic carbocycles. The van der Waals surface area contributed by atoms with Crippen LogP contribution < -0.4 is 0 Å². The fourth-order valence-electron chi connectivity index (χ4n) is 2.57. The van der Waals surface area contributed by atoms with Crippen LogP contribution in [-0.2, 0) is 0 Å². The minimum absolute atomic E-state index is 0.636. The Balaban J connectivity index is 1.95. The van der Waals surface area contributed by atoms with Gasteiger partial charge in [0.05, 0.1) is 5.69 Å². The molecule has 4 aromatic rings. The van der Waals surface area contributed by atoms with Crippen LogP contribution in [-0.4, -0.2) is 19.6 Å². The standard InChI is InChI=1S/C18H13ClN4/c1-12-7-8-15(19)14(11-12)17-13(5-4-9-20-17)18-21-16-6-2-3-10-23(16)22-18/h2-11H,1H3. The highest BCUT2D eigenvalue weighted by molar-refractivity contribution is 6.33. The number of fused-ring (bicyclic) bond motifs is 1. The average molecular weight is 321 g/mol. The van der Waals surface area contributed by atoms with Gasteiger partial charge in [0.2, 0.25) is 0 Å². The lowest BCUT2D eigenvalue weighted by Gasteiger charge is -2.08. The Kier molecular flexibility index (Phi) is 3.32. The van der Waals surface area contributed by atoms with Gasteiger partial charge in [-0.15, -0.1) is 5.10 Å². The SMILES string of the molecule is Cc1ccc(Cl)c(-c2ncccc2-c2nc3ccccn3n2)c1. The molecule has 5 heteroatoms. The van der Waals surface area contributed by atoms with Gasteiger partial charge in [0.15, 0.2) is 11.5 Å². The van der Waals surface area contributed by atoms with E-state index in [2.05, 4.69) is 15.1 Å². The van der Waals surface area contributed by atoms with E-state index in [1.54, 1.807) is 10.7 Å². The Labute approximate surface area is 138 Å². The molecular weight excluding hydrogens is 308 g/mol. The quantitative estimate of drug-likeness (QED) is 0.549. The summed E-state index contributed by atoms with van der Waals surface area (Å²) < 4.78 is 1.75. The molecule has 0 aliphatic rings. The summed E-state index contributed by atoms with van der Waals surface area (Å²) in [5, 5.41) is 5.21. The summed E-state index contributed by atoms with van der Waals surface area (Å²) in [7, 11) is 0. The van der Waals surface area contributed by atoms with Crippen LogP contribution in [0, 0.1) is 6.92 Å². The Bertz CT molecular complexity index is 974. The van der Waals surface area contributed by atoms with Crippen LogP contribution in [0.3, 0.4) is 0 Å². The molecule has 0 saturated carbocycles. The summed E-state index contributed by atoms with van der Waals surface area (Å²) in [5.41, 5.74) is 4.47. The largest absolute Gasteiger partial charge is 0.255 e. The van der Waals surface area contributed by atoms with Crippen LogP contribution >= 0.6 is 11.6 Å². The van der Waals surface area contributed by atoms with E-state index >= 15 is 0 Å². The van der Waals surface area contributed by atoms with Crippen molar-refractivity contribution < 1.29 is 0 Å². The Morgan fingerprint density at radius 3 is 2.78 bits per heavy atom. The van der Waals surface area contributed by atoms with E-state index in [0.29, 0.717) is 10.8 Å². The molecule has 0 atom stereocenters. The number of hydrogen-bond acceptors (Lipinski definition) is 3. The van der Waals surface area contributed by atoms with E-state index in [0.717, 1.165) is 28.0 Å². The van der Waals surface area contributed by atoms with Gasteiger partial charge in [0.25, 0.3) is 0 Å². The van der Waals surface area contributed by atoms with Crippen LogP contribution in [0.4, 0.5) is 0 Å². The predicted octanol–water partition coefficient (Wildman–Crippen LogP) is 4.42. The zero-order valence-corrected chi connectivity index (χ0v) is 13.2. The highest BCUT2D eigenvalue weighted by Gasteiger charge is 2.15. The van der Waals surface area contributed by atoms with Crippen molar-refractivity contribution in [2.45, 2.75) is 6.92 Å². The number of rotatable bonds is 2. The summed E-state index contributed by atoms with van der Waals surface area (Å²) in [6.45, 7) is 2.03. The lowest BCUT2D eigenvalue weighted by Crippen LogP contribution is -1.92. The molecule has 0 aliphatic heterocycles. The van der Waals surface area contributed by atoms with E-state index in [1.807, 2.05) is 61.7 Å². The Morgan fingerprint density at radius 2 is 1.91 bits per heavy atom. The van der Waals surface area contributed by atoms with Crippen LogP contribution in [0.1, 0.15) is 5.56 Å². The minimum Gasteiger partial charge on any atom is -0.255 e. The number of hydrogen-bond donors (Lipinski definition) is 0. The number of nitrogens with zero attached hydrogens (tertiary/aromatic N) is 4. The van der Waals surface area contributed by atoms with Gasteiger partial charge in [-0.05, 0) is 43.3 Å². The van der Waals surface area contributed by atoms with Gasteiger partial charge >= 0.3 is 0 Å². The monoisotopic (exact) mass is 320 g/mol. The molecule has 3 aromatic heterocycles. The number of pyridine rings is 2. The first-order chi connectivity index (χ1) is 11.2. The van der Waals surface area contributed by atoms with E-state index in [-0.39, 0.29) is 0 Å². The summed E-state index contributed by atoms with van der Waals surface area (Å²) in [6.07, 6.45) is 3.63. The van der Waals surface area contributed by atoms with Crippen molar-refractivity contribution in [1.82, 2.24) is 19.6 Å². The molecule has 0 fully saturated rings. The Morgan fingerprint density at radius 1 is 1.00 bits per heavy atom. The average Bonchev–Trinajstić information content (AvgIpc) is 3.01. The van der Waals surface area contributed by atoms with Gasteiger partial charge in [-0.1, -0.05) is 29.3 Å². The molecule has 23 heavy (non-hydrogen) atoms. The van der Waals surface area contributed by atoms with Crippen molar-refractivity contribution >= 4 is 17.2 Å². The second-order valence-corrected chi connectivity index (χ2v) is 5.73. The first kappa shape index (κ1) is 13.9. The van der Waals surface area contributed by atoms with E-state index in [1.165, 1.54) is 0 Å². The second kappa shape index (κ2) is 5.48. The number of aryl methyl sites for hydroxylation is 1. The molecule has 0 radical (unpaired) electrons. The van der Waals surface area contributed by atoms with Crippen molar-refractivity contribution in [3.05, 3.63) is 71.5 Å². The molecule has 0 N–H and O–H groups in total. The number of aromatic nitrogens is 4. The molecule has 0 spiro atoms. The highest BCUT2D eigenvalue weighted by atomic mass is 35.5. The molecule has 0 aliphatic carbocycles. The summed E-state index contributed by atoms with van der Waals surface area (Å²) in [4.78, 5) is 9.11. The van der Waals surface area contributed by atoms with Gasteiger partial charge in [-0.25, -0.2) is 9.50 Å². The molecule has 0 bridgehead atoms. The first-order valence-electron chi connectivity index (χ1n) is 7.26. The number of benzene rings is 1. The topological polar surface area (TPSA) is 43.1 Å². The molecule has 4 nitrogen and oxygen atoms in total. The van der Waals surface area contributed by atoms with E-state index in [9.17, 15) is 0 Å². The van der Waals surface area contributed by atoms with Crippen molar-refractivity contribution in [3.8, 4) is 22.6 Å². The maximum Gasteiger partial charge on any atom is 0.184 e. The summed E-state index contributed by atoms with van der Waals surface area (Å²) in [5.74, 6) is 0.636. The van der Waals surface area contributed by atoms with Gasteiger partial charge in [0, 0.05) is 28.5 Å². The molecule has 0 saturated heterocycles. The zero-order valence-electron chi connectivity index (χ0n) is 12.4. The fourth-order valence-corrected chi connectivity index (χ4v) is 2.77. The molecular formula is C18H13ClN4. The predicted molar refractivity (Wildman–Crippen MR) is 91.4 cm³/mol. The minimum atomic E-state index is 0.636. The van der Waals surface area contributed by atoms with Crippen molar-refractivity contribution in [1.29, 1.82) is 0 Å². The van der Waals surface area contributed by atoms with E-state index in [4.69, 9.17) is 11.6 Å². The second-order valence-electron chi connectivity index (χ2n) is 5.32. The maximum absolute atomic E-state index is 6.38. The lowest BCUT2D eigenvalue weighted by molar-refractivity contribution is 0.965. The first-order valence-corrected chi connectivity index (χ1v) is 7.63. The lowest BCUT2D eigenvalue weighted by atomic mass is 10.0. The van der Waals surface area contributed by atoms with Crippen LogP contribution in [0.15, 0.2) is 60.9 Å². The number of halogens is 1. The van der Waals surface area contributed by atoms with Gasteiger partial charge in [0.1, 0.15) is 0 Å². The van der Waals surface area contributed by atoms with Gasteiger partial charge in [-0.3, -0.25) is 4.98 Å². The maximum atomic E-state index is 6.38. The molecule has 3 heterocycles. The highest BCUT2D eigenvalue weighted by Crippen LogP contribution is 2.33. The van der Waals surface area contributed by atoms with Gasteiger partial charge < -0.3 is 0 Å². The van der Waals surface area contributed by atoms with E-state index < -0.39 is 0 Å². The van der Waals surface area contributed by atoms with Gasteiger partial charge in [-0.2, -0.15) is 0 Å². The third-order valence-electron chi connectivity index (χ3n) is 3.67. The third-order valence-corrected chi connectivity index (χ3v) is 4.00. The Hall–Kier alpha value is -2.72. The summed E-state index contributed by atoms with van der Waals surface area (Å²) >= 11 is 6.38. The molecule has 112 valence electrons. The van der Waals surface area contributed by atoms with Crippen LogP contribution in [0.5, 0.6) is 0 Å². The van der Waals surface area contributed by atoms with Crippen LogP contribution in [0.2, 0.25) is 5.02 Å². The van der Waals surface area contributed by atoms with Crippen LogP contribution in [0.25, 0.3) is 28.3 Å². The molecule has 4 rings (SSSR count). The summed E-state index contributed by atoms with van der Waals surface area (Å²) in [6, 6.07) is 15.5. The fraction of sp³-hybridized carbons (Fsp3) is 0.0556. The van der Waals surface area contributed by atoms with Crippen molar-refractivity contribution in [3.63, 3.8) is 0 Å². The van der Waals surface area contributed by atoms with Crippen molar-refractivity contribution in [2.75, 3.05) is 0 Å². The normalized spacial score (nSPS) is 11.0. The van der Waals surface area contributed by atoms with Crippen molar-refractivity contribution in [2.24, 2.45) is 0 Å².